The molecule has 0 aromatic heterocycles. The van der Waals surface area contributed by atoms with Crippen LogP contribution in [-0.4, -0.2) is 64.2 Å². The first-order valence-corrected chi connectivity index (χ1v) is 6.09. The lowest BCUT2D eigenvalue weighted by Crippen LogP contribution is -2.27. The monoisotopic (exact) mass is 232 g/mol. The number of ether oxygens (including phenoxy) is 3. The van der Waals surface area contributed by atoms with Gasteiger partial charge in [0.15, 0.2) is 0 Å². The molecule has 0 aliphatic carbocycles. The van der Waals surface area contributed by atoms with Crippen LogP contribution < -0.4 is 0 Å². The van der Waals surface area contributed by atoms with E-state index in [0.717, 1.165) is 26.2 Å². The standard InChI is InChI=1S/C12H26NO3/c1-4-13(5-2)7-8-15-11-12-16-10-9-14-6-3/h3-12H2,1-2H3. The molecular formula is C12H26NO3. The molecule has 0 rings (SSSR count). The summed E-state index contributed by atoms with van der Waals surface area (Å²) in [5.41, 5.74) is 0. The molecule has 16 heavy (non-hydrogen) atoms. The summed E-state index contributed by atoms with van der Waals surface area (Å²) in [5.74, 6) is 0. The van der Waals surface area contributed by atoms with Crippen molar-refractivity contribution in [3.63, 3.8) is 0 Å². The molecule has 0 unspecified atom stereocenters. The zero-order valence-corrected chi connectivity index (χ0v) is 10.7. The van der Waals surface area contributed by atoms with Crippen LogP contribution in [0.15, 0.2) is 0 Å². The van der Waals surface area contributed by atoms with Crippen molar-refractivity contribution in [1.82, 2.24) is 4.90 Å². The second kappa shape index (κ2) is 12.9. The molecule has 0 N–H and O–H groups in total. The number of hydrogen-bond acceptors (Lipinski definition) is 4. The molecule has 0 aliphatic heterocycles. The average Bonchev–Trinajstić information content (AvgIpc) is 2.32. The molecule has 0 aromatic rings. The third-order valence-electron chi connectivity index (χ3n) is 2.33. The van der Waals surface area contributed by atoms with Gasteiger partial charge >= 0.3 is 0 Å². The van der Waals surface area contributed by atoms with Crippen LogP contribution in [0, 0.1) is 6.92 Å². The lowest BCUT2D eigenvalue weighted by atomic mass is 10.5. The summed E-state index contributed by atoms with van der Waals surface area (Å²) in [4.78, 5) is 2.34. The van der Waals surface area contributed by atoms with Crippen molar-refractivity contribution >= 4 is 0 Å². The van der Waals surface area contributed by atoms with Crippen LogP contribution in [0.3, 0.4) is 0 Å². The maximum atomic E-state index is 5.45. The Labute approximate surface area is 99.9 Å². The molecule has 0 saturated carbocycles. The third-order valence-corrected chi connectivity index (χ3v) is 2.33. The number of rotatable bonds is 12. The van der Waals surface area contributed by atoms with E-state index in [9.17, 15) is 0 Å². The topological polar surface area (TPSA) is 30.9 Å². The summed E-state index contributed by atoms with van der Waals surface area (Å²) in [6.45, 7) is 14.9. The smallest absolute Gasteiger partial charge is 0.0701 e. The second-order valence-corrected chi connectivity index (χ2v) is 3.36. The van der Waals surface area contributed by atoms with E-state index < -0.39 is 0 Å². The van der Waals surface area contributed by atoms with Gasteiger partial charge in [-0.3, -0.25) is 0 Å². The highest BCUT2D eigenvalue weighted by Crippen LogP contribution is 1.87. The quantitative estimate of drug-likeness (QED) is 0.473. The van der Waals surface area contributed by atoms with Crippen molar-refractivity contribution in [3.05, 3.63) is 6.92 Å². The fraction of sp³-hybridized carbons (Fsp3) is 0.917. The maximum absolute atomic E-state index is 5.45. The summed E-state index contributed by atoms with van der Waals surface area (Å²) in [5, 5.41) is 0. The molecule has 0 aromatic carbocycles. The van der Waals surface area contributed by atoms with E-state index >= 15 is 0 Å². The molecule has 0 bridgehead atoms. The molecule has 0 spiro atoms. The van der Waals surface area contributed by atoms with Gasteiger partial charge in [0.25, 0.3) is 0 Å². The SMILES string of the molecule is [CH2]COCCOCCOCCN(CC)CC. The van der Waals surface area contributed by atoms with E-state index in [4.69, 9.17) is 14.2 Å². The first-order chi connectivity index (χ1) is 7.85. The first-order valence-electron chi connectivity index (χ1n) is 6.09. The molecule has 0 saturated heterocycles. The highest BCUT2D eigenvalue weighted by Gasteiger charge is 1.97. The van der Waals surface area contributed by atoms with E-state index in [2.05, 4.69) is 25.7 Å². The summed E-state index contributed by atoms with van der Waals surface area (Å²) >= 11 is 0. The Bertz CT molecular complexity index is 129. The Balaban J connectivity index is 3.03. The molecule has 0 fully saturated rings. The minimum absolute atomic E-state index is 0.504. The normalized spacial score (nSPS) is 11.2. The van der Waals surface area contributed by atoms with Gasteiger partial charge in [-0.05, 0) is 20.0 Å². The summed E-state index contributed by atoms with van der Waals surface area (Å²) in [6.07, 6.45) is 0. The fourth-order valence-corrected chi connectivity index (χ4v) is 1.28. The summed E-state index contributed by atoms with van der Waals surface area (Å²) in [6, 6.07) is 0. The van der Waals surface area contributed by atoms with Gasteiger partial charge < -0.3 is 19.1 Å². The Morgan fingerprint density at radius 1 is 0.812 bits per heavy atom. The van der Waals surface area contributed by atoms with Gasteiger partial charge in [-0.25, -0.2) is 0 Å². The maximum Gasteiger partial charge on any atom is 0.0701 e. The Hall–Kier alpha value is -0.160. The lowest BCUT2D eigenvalue weighted by Gasteiger charge is -2.17. The van der Waals surface area contributed by atoms with Gasteiger partial charge in [-0.2, -0.15) is 0 Å². The molecule has 97 valence electrons. The van der Waals surface area contributed by atoms with Crippen LogP contribution in [0.5, 0.6) is 0 Å². The molecular weight excluding hydrogens is 206 g/mol. The van der Waals surface area contributed by atoms with Crippen molar-refractivity contribution in [3.8, 4) is 0 Å². The van der Waals surface area contributed by atoms with Gasteiger partial charge in [0, 0.05) is 13.2 Å². The largest absolute Gasteiger partial charge is 0.379 e. The van der Waals surface area contributed by atoms with Gasteiger partial charge in [0.2, 0.25) is 0 Å². The van der Waals surface area contributed by atoms with Crippen LogP contribution >= 0.6 is 0 Å². The Morgan fingerprint density at radius 2 is 1.31 bits per heavy atom. The van der Waals surface area contributed by atoms with Crippen LogP contribution in [0.1, 0.15) is 13.8 Å². The van der Waals surface area contributed by atoms with Gasteiger partial charge in [-0.1, -0.05) is 13.8 Å². The van der Waals surface area contributed by atoms with Crippen LogP contribution in [0.2, 0.25) is 0 Å². The highest BCUT2D eigenvalue weighted by molar-refractivity contribution is 4.50. The molecule has 0 heterocycles. The zero-order valence-electron chi connectivity index (χ0n) is 10.7. The number of hydrogen-bond donors (Lipinski definition) is 0. The van der Waals surface area contributed by atoms with Gasteiger partial charge in [0.1, 0.15) is 0 Å². The number of nitrogens with zero attached hydrogens (tertiary/aromatic N) is 1. The predicted octanol–water partition coefficient (Wildman–Crippen LogP) is 1.21. The van der Waals surface area contributed by atoms with E-state index in [1.807, 2.05) is 0 Å². The summed E-state index contributed by atoms with van der Waals surface area (Å²) in [7, 11) is 0. The van der Waals surface area contributed by atoms with Crippen LogP contribution in [0.25, 0.3) is 0 Å². The van der Waals surface area contributed by atoms with Crippen molar-refractivity contribution in [1.29, 1.82) is 0 Å². The fourth-order valence-electron chi connectivity index (χ4n) is 1.28. The molecule has 0 amide bonds. The Kier molecular flexibility index (Phi) is 12.8. The molecule has 0 atom stereocenters. The molecule has 1 radical (unpaired) electrons. The zero-order chi connectivity index (χ0) is 12.1. The minimum Gasteiger partial charge on any atom is -0.379 e. The molecule has 4 heteroatoms. The summed E-state index contributed by atoms with van der Waals surface area (Å²) < 4.78 is 15.8. The van der Waals surface area contributed by atoms with Gasteiger partial charge in [0.05, 0.1) is 33.0 Å². The van der Waals surface area contributed by atoms with Crippen LogP contribution in [-0.2, 0) is 14.2 Å². The van der Waals surface area contributed by atoms with E-state index in [1.54, 1.807) is 0 Å². The molecule has 0 aliphatic rings. The minimum atomic E-state index is 0.504. The van der Waals surface area contributed by atoms with E-state index in [0.29, 0.717) is 33.0 Å². The first kappa shape index (κ1) is 15.8. The van der Waals surface area contributed by atoms with Crippen molar-refractivity contribution in [2.45, 2.75) is 13.8 Å². The predicted molar refractivity (Wildman–Crippen MR) is 65.6 cm³/mol. The number of likely N-dealkylation sites (N-methyl/N-ethyl adjacent to an activating group) is 1. The highest BCUT2D eigenvalue weighted by atomic mass is 16.5. The van der Waals surface area contributed by atoms with Crippen molar-refractivity contribution < 1.29 is 14.2 Å². The lowest BCUT2D eigenvalue weighted by molar-refractivity contribution is 0.0152. The average molecular weight is 232 g/mol. The Morgan fingerprint density at radius 3 is 1.81 bits per heavy atom. The van der Waals surface area contributed by atoms with Crippen LogP contribution in [0.4, 0.5) is 0 Å². The van der Waals surface area contributed by atoms with Gasteiger partial charge in [-0.15, -0.1) is 0 Å². The van der Waals surface area contributed by atoms with Crippen molar-refractivity contribution in [2.75, 3.05) is 59.3 Å². The molecule has 4 nitrogen and oxygen atoms in total. The van der Waals surface area contributed by atoms with E-state index in [1.165, 1.54) is 0 Å². The third kappa shape index (κ3) is 10.4. The van der Waals surface area contributed by atoms with E-state index in [-0.39, 0.29) is 0 Å². The van der Waals surface area contributed by atoms with Crippen molar-refractivity contribution in [2.24, 2.45) is 0 Å². The second-order valence-electron chi connectivity index (χ2n) is 3.36.